The molecule has 0 fully saturated rings. The summed E-state index contributed by atoms with van der Waals surface area (Å²) in [6.07, 6.45) is 4.76. The van der Waals surface area contributed by atoms with Crippen molar-refractivity contribution in [3.05, 3.63) is 51.9 Å². The van der Waals surface area contributed by atoms with E-state index in [1.807, 2.05) is 0 Å². The van der Waals surface area contributed by atoms with E-state index in [1.54, 1.807) is 18.2 Å². The molecule has 0 unspecified atom stereocenters. The summed E-state index contributed by atoms with van der Waals surface area (Å²) < 4.78 is 5.84. The summed E-state index contributed by atoms with van der Waals surface area (Å²) in [6.45, 7) is 3.67. The molecule has 0 saturated carbocycles. The molecule has 2 aromatic rings. The molecule has 0 aliphatic heterocycles. The lowest BCUT2D eigenvalue weighted by Gasteiger charge is -2.08. The van der Waals surface area contributed by atoms with Crippen molar-refractivity contribution >= 4 is 11.0 Å². The van der Waals surface area contributed by atoms with E-state index in [0.29, 0.717) is 23.0 Å². The van der Waals surface area contributed by atoms with Crippen LogP contribution < -0.4 is 5.43 Å². The summed E-state index contributed by atoms with van der Waals surface area (Å²) in [5.74, 6) is 0.937. The normalized spacial score (nSPS) is 13.8. The van der Waals surface area contributed by atoms with Gasteiger partial charge in [-0.2, -0.15) is 0 Å². The molecule has 1 heterocycles. The van der Waals surface area contributed by atoms with Crippen molar-refractivity contribution in [2.45, 2.75) is 25.7 Å². The van der Waals surface area contributed by atoms with E-state index in [1.165, 1.54) is 0 Å². The van der Waals surface area contributed by atoms with Gasteiger partial charge in [-0.25, -0.2) is 0 Å². The fourth-order valence-electron chi connectivity index (χ4n) is 2.61. The zero-order valence-electron chi connectivity index (χ0n) is 10.0. The number of aryl methyl sites for hydroxylation is 1. The van der Waals surface area contributed by atoms with Crippen LogP contribution in [0.3, 0.4) is 0 Å². The first-order valence-electron chi connectivity index (χ1n) is 6.12. The van der Waals surface area contributed by atoms with Crippen molar-refractivity contribution < 1.29 is 9.52 Å². The van der Waals surface area contributed by atoms with Gasteiger partial charge in [0.25, 0.3) is 0 Å². The monoisotopic (exact) mass is 242 g/mol. The minimum absolute atomic E-state index is 0.0501. The van der Waals surface area contributed by atoms with Gasteiger partial charge in [0, 0.05) is 17.5 Å². The first kappa shape index (κ1) is 11.1. The molecule has 0 saturated heterocycles. The Kier molecular flexibility index (Phi) is 2.47. The average molecular weight is 242 g/mol. The molecular formula is C15H14O3. The molecule has 1 aromatic heterocycles. The summed E-state index contributed by atoms with van der Waals surface area (Å²) in [5, 5.41) is 10.4. The van der Waals surface area contributed by atoms with Crippen LogP contribution in [0.25, 0.3) is 11.0 Å². The van der Waals surface area contributed by atoms with Crippen LogP contribution in [0.5, 0.6) is 5.75 Å². The van der Waals surface area contributed by atoms with Crippen molar-refractivity contribution in [2.75, 3.05) is 0 Å². The van der Waals surface area contributed by atoms with Gasteiger partial charge in [-0.05, 0) is 31.4 Å². The van der Waals surface area contributed by atoms with Gasteiger partial charge in [-0.3, -0.25) is 4.79 Å². The summed E-state index contributed by atoms with van der Waals surface area (Å²) in [6, 6.07) is 3.20. The third kappa shape index (κ3) is 1.47. The summed E-state index contributed by atoms with van der Waals surface area (Å²) in [7, 11) is 0. The number of phenols is 1. The van der Waals surface area contributed by atoms with Gasteiger partial charge in [0.05, 0.1) is 5.39 Å². The van der Waals surface area contributed by atoms with E-state index < -0.39 is 0 Å². The third-order valence-corrected chi connectivity index (χ3v) is 3.50. The predicted octanol–water partition coefficient (Wildman–Crippen LogP) is 2.72. The number of aromatic hydroxyl groups is 1. The second kappa shape index (κ2) is 4.02. The quantitative estimate of drug-likeness (QED) is 0.824. The minimum atomic E-state index is 0.0501. The lowest BCUT2D eigenvalue weighted by atomic mass is 10.0. The minimum Gasteiger partial charge on any atom is -0.508 e. The number of rotatable bonds is 2. The maximum Gasteiger partial charge on any atom is 0.196 e. The summed E-state index contributed by atoms with van der Waals surface area (Å²) in [5.41, 5.74) is 2.02. The van der Waals surface area contributed by atoms with E-state index in [-0.39, 0.29) is 11.2 Å². The highest BCUT2D eigenvalue weighted by Gasteiger charge is 2.21. The number of fused-ring (bicyclic) bond motifs is 2. The van der Waals surface area contributed by atoms with E-state index in [4.69, 9.17) is 4.42 Å². The lowest BCUT2D eigenvalue weighted by Crippen LogP contribution is -2.09. The topological polar surface area (TPSA) is 50.4 Å². The SMILES string of the molecule is C=CCc1c(O)ccc2c(=O)c3c(oc12)CCC3. The Morgan fingerprint density at radius 1 is 1.39 bits per heavy atom. The Labute approximate surface area is 104 Å². The number of phenolic OH excluding ortho intramolecular Hbond substituents is 1. The van der Waals surface area contributed by atoms with Gasteiger partial charge in [-0.1, -0.05) is 6.08 Å². The van der Waals surface area contributed by atoms with Crippen LogP contribution >= 0.6 is 0 Å². The van der Waals surface area contributed by atoms with E-state index in [9.17, 15) is 9.90 Å². The van der Waals surface area contributed by atoms with Gasteiger partial charge < -0.3 is 9.52 Å². The van der Waals surface area contributed by atoms with Crippen LogP contribution in [0.15, 0.2) is 34.0 Å². The lowest BCUT2D eigenvalue weighted by molar-refractivity contribution is 0.466. The maximum atomic E-state index is 12.3. The third-order valence-electron chi connectivity index (χ3n) is 3.50. The highest BCUT2D eigenvalue weighted by Crippen LogP contribution is 2.30. The largest absolute Gasteiger partial charge is 0.508 e. The molecule has 3 rings (SSSR count). The number of hydrogen-bond donors (Lipinski definition) is 1. The number of benzene rings is 1. The van der Waals surface area contributed by atoms with Gasteiger partial charge in [-0.15, -0.1) is 6.58 Å². The molecule has 0 amide bonds. The highest BCUT2D eigenvalue weighted by atomic mass is 16.3. The second-order valence-corrected chi connectivity index (χ2v) is 4.62. The molecule has 92 valence electrons. The average Bonchev–Trinajstić information content (AvgIpc) is 2.82. The standard InChI is InChI=1S/C15H14O3/c1-2-4-9-12(16)8-7-11-14(17)10-5-3-6-13(10)18-15(9)11/h2,7-8,16H,1,3-6H2. The maximum absolute atomic E-state index is 12.3. The first-order valence-corrected chi connectivity index (χ1v) is 6.12. The van der Waals surface area contributed by atoms with E-state index >= 15 is 0 Å². The van der Waals surface area contributed by atoms with Crippen LogP contribution in [0.1, 0.15) is 23.3 Å². The van der Waals surface area contributed by atoms with Gasteiger partial charge >= 0.3 is 0 Å². The van der Waals surface area contributed by atoms with E-state index in [2.05, 4.69) is 6.58 Å². The van der Waals surface area contributed by atoms with Crippen molar-refractivity contribution in [3.63, 3.8) is 0 Å². The highest BCUT2D eigenvalue weighted by molar-refractivity contribution is 5.83. The van der Waals surface area contributed by atoms with Crippen LogP contribution in [0.2, 0.25) is 0 Å². The zero-order chi connectivity index (χ0) is 12.7. The van der Waals surface area contributed by atoms with Crippen LogP contribution in [0, 0.1) is 0 Å². The van der Waals surface area contributed by atoms with Gasteiger partial charge in [0.2, 0.25) is 0 Å². The van der Waals surface area contributed by atoms with Crippen LogP contribution in [0.4, 0.5) is 0 Å². The molecule has 3 nitrogen and oxygen atoms in total. The van der Waals surface area contributed by atoms with E-state index in [0.717, 1.165) is 30.6 Å². The number of allylic oxidation sites excluding steroid dienone is 1. The Hall–Kier alpha value is -2.03. The Bertz CT molecular complexity index is 695. The first-order chi connectivity index (χ1) is 8.72. The molecule has 0 atom stereocenters. The zero-order valence-corrected chi connectivity index (χ0v) is 10.0. The number of hydrogen-bond acceptors (Lipinski definition) is 3. The van der Waals surface area contributed by atoms with Crippen molar-refractivity contribution in [1.82, 2.24) is 0 Å². The molecular weight excluding hydrogens is 228 g/mol. The molecule has 18 heavy (non-hydrogen) atoms. The fraction of sp³-hybridized carbons (Fsp3) is 0.267. The molecule has 1 aliphatic rings. The van der Waals surface area contributed by atoms with Crippen molar-refractivity contribution in [1.29, 1.82) is 0 Å². The van der Waals surface area contributed by atoms with Crippen molar-refractivity contribution in [2.24, 2.45) is 0 Å². The Morgan fingerprint density at radius 3 is 3.00 bits per heavy atom. The smallest absolute Gasteiger partial charge is 0.196 e. The molecule has 1 N–H and O–H groups in total. The molecule has 3 heteroatoms. The summed E-state index contributed by atoms with van der Waals surface area (Å²) >= 11 is 0. The van der Waals surface area contributed by atoms with Crippen molar-refractivity contribution in [3.8, 4) is 5.75 Å². The molecule has 0 radical (unpaired) electrons. The second-order valence-electron chi connectivity index (χ2n) is 4.62. The Morgan fingerprint density at radius 2 is 2.22 bits per heavy atom. The van der Waals surface area contributed by atoms with Crippen LogP contribution in [-0.4, -0.2) is 5.11 Å². The van der Waals surface area contributed by atoms with Gasteiger partial charge in [0.15, 0.2) is 5.43 Å². The fourth-order valence-corrected chi connectivity index (χ4v) is 2.61. The molecule has 1 aliphatic carbocycles. The molecule has 0 bridgehead atoms. The molecule has 1 aromatic carbocycles. The predicted molar refractivity (Wildman–Crippen MR) is 70.1 cm³/mol. The summed E-state index contributed by atoms with van der Waals surface area (Å²) in [4.78, 5) is 12.3. The van der Waals surface area contributed by atoms with Crippen LogP contribution in [-0.2, 0) is 19.3 Å². The van der Waals surface area contributed by atoms with Gasteiger partial charge in [0.1, 0.15) is 17.1 Å². The Balaban J connectivity index is 2.42. The molecule has 0 spiro atoms.